The summed E-state index contributed by atoms with van der Waals surface area (Å²) in [7, 11) is 1.60. The van der Waals surface area contributed by atoms with Gasteiger partial charge in [0.1, 0.15) is 11.5 Å². The van der Waals surface area contributed by atoms with E-state index in [1.54, 1.807) is 7.11 Å². The Hall–Kier alpha value is -2.49. The zero-order valence-corrected chi connectivity index (χ0v) is 13.3. The highest BCUT2D eigenvalue weighted by Gasteiger charge is 2.08. The molecule has 2 aromatic carbocycles. The average molecular weight is 314 g/mol. The molecule has 0 radical (unpaired) electrons. The summed E-state index contributed by atoms with van der Waals surface area (Å²) in [5.74, 6) is 0.608. The van der Waals surface area contributed by atoms with Gasteiger partial charge in [0.15, 0.2) is 0 Å². The molecule has 1 N–H and O–H groups in total. The fourth-order valence-electron chi connectivity index (χ4n) is 2.35. The second-order valence-corrected chi connectivity index (χ2v) is 5.31. The summed E-state index contributed by atoms with van der Waals surface area (Å²) in [6.07, 6.45) is 2.40. The summed E-state index contributed by atoms with van der Waals surface area (Å²) in [4.78, 5) is 10.8. The molecule has 0 aromatic heterocycles. The summed E-state index contributed by atoms with van der Waals surface area (Å²) in [5, 5.41) is 8.84. The van der Waals surface area contributed by atoms with Crippen molar-refractivity contribution in [3.63, 3.8) is 0 Å². The fourth-order valence-corrected chi connectivity index (χ4v) is 2.35. The number of carboxylic acids is 1. The van der Waals surface area contributed by atoms with Gasteiger partial charge in [0.2, 0.25) is 0 Å². The third kappa shape index (κ3) is 5.66. The Balaban J connectivity index is 1.92. The number of ether oxygens (including phenoxy) is 2. The van der Waals surface area contributed by atoms with Crippen molar-refractivity contribution in [2.75, 3.05) is 13.7 Å². The lowest BCUT2D eigenvalue weighted by Crippen LogP contribution is -2.04. The second-order valence-electron chi connectivity index (χ2n) is 5.31. The van der Waals surface area contributed by atoms with Crippen molar-refractivity contribution in [3.8, 4) is 11.5 Å². The molecule has 0 amide bonds. The van der Waals surface area contributed by atoms with Gasteiger partial charge in [-0.1, -0.05) is 36.4 Å². The summed E-state index contributed by atoms with van der Waals surface area (Å²) in [5.41, 5.74) is 2.18. The van der Waals surface area contributed by atoms with Crippen molar-refractivity contribution in [2.45, 2.75) is 25.7 Å². The quantitative estimate of drug-likeness (QED) is 0.717. The molecular weight excluding hydrogens is 292 g/mol. The Morgan fingerprint density at radius 3 is 2.57 bits per heavy atom. The van der Waals surface area contributed by atoms with Gasteiger partial charge >= 0.3 is 5.97 Å². The molecule has 23 heavy (non-hydrogen) atoms. The molecule has 4 heteroatoms. The summed E-state index contributed by atoms with van der Waals surface area (Å²) in [6, 6.07) is 15.8. The van der Waals surface area contributed by atoms with Crippen molar-refractivity contribution in [1.82, 2.24) is 0 Å². The molecule has 0 aliphatic rings. The van der Waals surface area contributed by atoms with Gasteiger partial charge in [0, 0.05) is 12.5 Å². The largest absolute Gasteiger partial charge is 0.497 e. The monoisotopic (exact) mass is 314 g/mol. The number of benzene rings is 2. The van der Waals surface area contributed by atoms with Crippen molar-refractivity contribution in [3.05, 3.63) is 59.7 Å². The number of carbonyl (C=O) groups is 1. The van der Waals surface area contributed by atoms with Gasteiger partial charge in [-0.05, 0) is 36.5 Å². The number of carboxylic acid groups (broad SMARTS) is 1. The first-order chi connectivity index (χ1) is 11.2. The molecular formula is C19H22O4. The van der Waals surface area contributed by atoms with Gasteiger partial charge in [-0.25, -0.2) is 0 Å². The van der Waals surface area contributed by atoms with E-state index in [0.29, 0.717) is 24.5 Å². The zero-order valence-electron chi connectivity index (χ0n) is 13.3. The van der Waals surface area contributed by atoms with Gasteiger partial charge in [-0.2, -0.15) is 0 Å². The van der Waals surface area contributed by atoms with Crippen molar-refractivity contribution in [2.24, 2.45) is 0 Å². The third-order valence-electron chi connectivity index (χ3n) is 3.59. The lowest BCUT2D eigenvalue weighted by molar-refractivity contribution is -0.136. The van der Waals surface area contributed by atoms with Gasteiger partial charge in [-0.15, -0.1) is 0 Å². The molecule has 0 unspecified atom stereocenters. The molecule has 2 rings (SSSR count). The first kappa shape index (κ1) is 16.9. The predicted molar refractivity (Wildman–Crippen MR) is 89.2 cm³/mol. The highest BCUT2D eigenvalue weighted by molar-refractivity contribution is 5.67. The Bertz CT molecular complexity index is 623. The van der Waals surface area contributed by atoms with Gasteiger partial charge in [0.05, 0.1) is 13.7 Å². The number of rotatable bonds is 9. The van der Waals surface area contributed by atoms with Crippen LogP contribution in [0.15, 0.2) is 48.5 Å². The number of methoxy groups -OCH3 is 1. The van der Waals surface area contributed by atoms with E-state index in [-0.39, 0.29) is 6.42 Å². The number of aliphatic carboxylic acids is 1. The molecule has 4 nitrogen and oxygen atoms in total. The standard InChI is InChI=1S/C19H22O4/c1-22-17-11-9-16(10-12-19(20)21)18(14-17)23-13-5-8-15-6-3-2-4-7-15/h2-4,6-7,9,11,14H,5,8,10,12-13H2,1H3,(H,20,21). The SMILES string of the molecule is COc1ccc(CCC(=O)O)c(OCCCc2ccccc2)c1. The van der Waals surface area contributed by atoms with Crippen LogP contribution >= 0.6 is 0 Å². The summed E-state index contributed by atoms with van der Waals surface area (Å²) in [6.45, 7) is 0.585. The Morgan fingerprint density at radius 2 is 1.87 bits per heavy atom. The van der Waals surface area contributed by atoms with Crippen molar-refractivity contribution < 1.29 is 19.4 Å². The maximum Gasteiger partial charge on any atom is 0.303 e. The minimum absolute atomic E-state index is 0.0900. The zero-order chi connectivity index (χ0) is 16.5. The van der Waals surface area contributed by atoms with Crippen LogP contribution in [0.2, 0.25) is 0 Å². The fraction of sp³-hybridized carbons (Fsp3) is 0.316. The molecule has 0 aliphatic heterocycles. The van der Waals surface area contributed by atoms with E-state index in [2.05, 4.69) is 12.1 Å². The molecule has 0 spiro atoms. The number of hydrogen-bond donors (Lipinski definition) is 1. The summed E-state index contributed by atoms with van der Waals surface area (Å²) >= 11 is 0. The molecule has 0 heterocycles. The molecule has 0 fully saturated rings. The van der Waals surface area contributed by atoms with E-state index in [4.69, 9.17) is 14.6 Å². The van der Waals surface area contributed by atoms with E-state index in [0.717, 1.165) is 18.4 Å². The van der Waals surface area contributed by atoms with Crippen LogP contribution < -0.4 is 9.47 Å². The van der Waals surface area contributed by atoms with Crippen LogP contribution in [0, 0.1) is 0 Å². The smallest absolute Gasteiger partial charge is 0.303 e. The summed E-state index contributed by atoms with van der Waals surface area (Å²) < 4.78 is 11.1. The normalized spacial score (nSPS) is 10.3. The third-order valence-corrected chi connectivity index (χ3v) is 3.59. The first-order valence-corrected chi connectivity index (χ1v) is 7.74. The highest BCUT2D eigenvalue weighted by Crippen LogP contribution is 2.26. The van der Waals surface area contributed by atoms with Crippen LogP contribution in [-0.2, 0) is 17.6 Å². The Morgan fingerprint density at radius 1 is 1.09 bits per heavy atom. The Labute approximate surface area is 136 Å². The lowest BCUT2D eigenvalue weighted by atomic mass is 10.1. The molecule has 0 saturated heterocycles. The number of hydrogen-bond acceptors (Lipinski definition) is 3. The molecule has 0 saturated carbocycles. The molecule has 0 aliphatic carbocycles. The van der Waals surface area contributed by atoms with E-state index in [9.17, 15) is 4.79 Å². The van der Waals surface area contributed by atoms with Crippen molar-refractivity contribution >= 4 is 5.97 Å². The first-order valence-electron chi connectivity index (χ1n) is 7.74. The van der Waals surface area contributed by atoms with E-state index < -0.39 is 5.97 Å². The molecule has 2 aromatic rings. The van der Waals surface area contributed by atoms with E-state index in [1.165, 1.54) is 5.56 Å². The van der Waals surface area contributed by atoms with Crippen LogP contribution in [-0.4, -0.2) is 24.8 Å². The van der Waals surface area contributed by atoms with Gasteiger partial charge in [0.25, 0.3) is 0 Å². The Kier molecular flexibility index (Phi) is 6.48. The van der Waals surface area contributed by atoms with Crippen LogP contribution in [0.3, 0.4) is 0 Å². The minimum atomic E-state index is -0.809. The highest BCUT2D eigenvalue weighted by atomic mass is 16.5. The maximum atomic E-state index is 10.8. The minimum Gasteiger partial charge on any atom is -0.497 e. The van der Waals surface area contributed by atoms with Gasteiger partial charge in [-0.3, -0.25) is 4.79 Å². The van der Waals surface area contributed by atoms with Crippen molar-refractivity contribution in [1.29, 1.82) is 0 Å². The lowest BCUT2D eigenvalue weighted by Gasteiger charge is -2.12. The topological polar surface area (TPSA) is 55.8 Å². The molecule has 122 valence electrons. The van der Waals surface area contributed by atoms with Crippen LogP contribution in [0.4, 0.5) is 0 Å². The molecule has 0 bridgehead atoms. The van der Waals surface area contributed by atoms with Crippen LogP contribution in [0.5, 0.6) is 11.5 Å². The van der Waals surface area contributed by atoms with E-state index >= 15 is 0 Å². The second kappa shape index (κ2) is 8.83. The molecule has 0 atom stereocenters. The average Bonchev–Trinajstić information content (AvgIpc) is 2.58. The number of aryl methyl sites for hydroxylation is 2. The van der Waals surface area contributed by atoms with Crippen LogP contribution in [0.1, 0.15) is 24.0 Å². The van der Waals surface area contributed by atoms with Gasteiger partial charge < -0.3 is 14.6 Å². The maximum absolute atomic E-state index is 10.8. The predicted octanol–water partition coefficient (Wildman–Crippen LogP) is 3.72. The van der Waals surface area contributed by atoms with E-state index in [1.807, 2.05) is 36.4 Å². The van der Waals surface area contributed by atoms with Crippen LogP contribution in [0.25, 0.3) is 0 Å².